The van der Waals surface area contributed by atoms with Crippen LogP contribution in [0.5, 0.6) is 28.9 Å². The number of amides is 1. The number of furan rings is 1. The van der Waals surface area contributed by atoms with Crippen molar-refractivity contribution in [1.29, 1.82) is 5.26 Å². The topological polar surface area (TPSA) is 103 Å². The van der Waals surface area contributed by atoms with Crippen molar-refractivity contribution in [3.63, 3.8) is 0 Å². The summed E-state index contributed by atoms with van der Waals surface area (Å²) in [5.74, 6) is 1.47. The number of hydrogen-bond acceptors (Lipinski definition) is 7. The summed E-state index contributed by atoms with van der Waals surface area (Å²) in [6.07, 6.45) is 0. The summed E-state index contributed by atoms with van der Waals surface area (Å²) in [5.41, 5.74) is 1.35. The van der Waals surface area contributed by atoms with Gasteiger partial charge in [0.25, 0.3) is 11.9 Å². The Morgan fingerprint density at radius 1 is 0.970 bits per heavy atom. The molecule has 1 heterocycles. The van der Waals surface area contributed by atoms with E-state index in [1.807, 2.05) is 32.9 Å². The molecule has 0 saturated carbocycles. The fraction of sp³-hybridized carbons (Fsp3) is 0.280. The Balaban J connectivity index is 1.83. The number of anilines is 1. The predicted molar refractivity (Wildman–Crippen MR) is 123 cm³/mol. The van der Waals surface area contributed by atoms with Gasteiger partial charge in [-0.1, -0.05) is 12.1 Å². The van der Waals surface area contributed by atoms with Crippen molar-refractivity contribution in [3.05, 3.63) is 59.4 Å². The number of methoxy groups -OCH3 is 3. The Bertz CT molecular complexity index is 1180. The highest BCUT2D eigenvalue weighted by Gasteiger charge is 2.22. The minimum absolute atomic E-state index is 0.0380. The third kappa shape index (κ3) is 5.04. The normalized spacial score (nSPS) is 10.8. The van der Waals surface area contributed by atoms with Crippen molar-refractivity contribution in [1.82, 2.24) is 0 Å². The molecule has 1 amide bonds. The zero-order valence-corrected chi connectivity index (χ0v) is 19.4. The van der Waals surface area contributed by atoms with Gasteiger partial charge in [0.1, 0.15) is 28.7 Å². The minimum atomic E-state index is -0.670. The second kappa shape index (κ2) is 9.57. The fourth-order valence-electron chi connectivity index (χ4n) is 3.07. The molecule has 0 bridgehead atoms. The number of benzene rings is 2. The molecule has 33 heavy (non-hydrogen) atoms. The average Bonchev–Trinajstić information content (AvgIpc) is 3.29. The van der Waals surface area contributed by atoms with E-state index in [1.165, 1.54) is 27.4 Å². The zero-order chi connectivity index (χ0) is 24.2. The Kier molecular flexibility index (Phi) is 6.83. The number of aryl methyl sites for hydroxylation is 1. The van der Waals surface area contributed by atoms with Crippen molar-refractivity contribution in [3.8, 4) is 35.0 Å². The lowest BCUT2D eigenvalue weighted by molar-refractivity contribution is 0.0991. The van der Waals surface area contributed by atoms with Gasteiger partial charge in [0.2, 0.25) is 0 Å². The molecular formula is C25H26N2O6. The average molecular weight is 450 g/mol. The van der Waals surface area contributed by atoms with E-state index >= 15 is 0 Å². The highest BCUT2D eigenvalue weighted by molar-refractivity contribution is 6.04. The minimum Gasteiger partial charge on any atom is -0.496 e. The van der Waals surface area contributed by atoms with Gasteiger partial charge in [0, 0.05) is 18.2 Å². The highest BCUT2D eigenvalue weighted by Crippen LogP contribution is 2.39. The van der Waals surface area contributed by atoms with Gasteiger partial charge >= 0.3 is 0 Å². The van der Waals surface area contributed by atoms with Crippen molar-refractivity contribution in [2.45, 2.75) is 26.2 Å². The van der Waals surface area contributed by atoms with Crippen LogP contribution in [0, 0.1) is 18.3 Å². The van der Waals surface area contributed by atoms with E-state index in [4.69, 9.17) is 23.4 Å². The number of hydrogen-bond donors (Lipinski definition) is 1. The molecule has 3 rings (SSSR count). The molecule has 0 aliphatic carbocycles. The molecule has 3 aromatic rings. The molecule has 8 nitrogen and oxygen atoms in total. The maximum atomic E-state index is 12.8. The number of nitrogens with one attached hydrogen (secondary N) is 1. The van der Waals surface area contributed by atoms with Crippen LogP contribution in [0.25, 0.3) is 0 Å². The summed E-state index contributed by atoms with van der Waals surface area (Å²) >= 11 is 0. The van der Waals surface area contributed by atoms with Crippen LogP contribution >= 0.6 is 0 Å². The summed E-state index contributed by atoms with van der Waals surface area (Å²) in [6.45, 7) is 5.55. The molecule has 0 atom stereocenters. The first-order valence-corrected chi connectivity index (χ1v) is 10.1. The molecule has 1 aromatic heterocycles. The van der Waals surface area contributed by atoms with Gasteiger partial charge in [0.15, 0.2) is 5.76 Å². The SMILES string of the molecule is COc1cc(OC)c(NC(=O)c2ccc(Oc3cc(C(C)(C)C#N)ccc3C)o2)c(OC)c1. The monoisotopic (exact) mass is 450 g/mol. The first kappa shape index (κ1) is 23.5. The third-order valence-corrected chi connectivity index (χ3v) is 5.16. The second-order valence-electron chi connectivity index (χ2n) is 7.80. The molecule has 0 saturated heterocycles. The fourth-order valence-corrected chi connectivity index (χ4v) is 3.07. The summed E-state index contributed by atoms with van der Waals surface area (Å²) in [4.78, 5) is 12.8. The second-order valence-corrected chi connectivity index (χ2v) is 7.80. The van der Waals surface area contributed by atoms with Crippen LogP contribution in [-0.4, -0.2) is 27.2 Å². The summed E-state index contributed by atoms with van der Waals surface area (Å²) in [7, 11) is 4.48. The zero-order valence-electron chi connectivity index (χ0n) is 19.4. The van der Waals surface area contributed by atoms with Gasteiger partial charge in [-0.25, -0.2) is 0 Å². The number of ether oxygens (including phenoxy) is 4. The van der Waals surface area contributed by atoms with Crippen LogP contribution in [0.15, 0.2) is 46.9 Å². The lowest BCUT2D eigenvalue weighted by atomic mass is 9.86. The van der Waals surface area contributed by atoms with E-state index in [0.29, 0.717) is 28.7 Å². The molecule has 172 valence electrons. The largest absolute Gasteiger partial charge is 0.496 e. The first-order valence-electron chi connectivity index (χ1n) is 10.1. The van der Waals surface area contributed by atoms with Crippen molar-refractivity contribution in [2.24, 2.45) is 0 Å². The molecule has 0 unspecified atom stereocenters. The van der Waals surface area contributed by atoms with E-state index in [1.54, 1.807) is 24.3 Å². The maximum absolute atomic E-state index is 12.8. The van der Waals surface area contributed by atoms with Crippen molar-refractivity contribution >= 4 is 11.6 Å². The van der Waals surface area contributed by atoms with Crippen LogP contribution in [0.2, 0.25) is 0 Å². The lowest BCUT2D eigenvalue weighted by Crippen LogP contribution is -2.13. The van der Waals surface area contributed by atoms with Gasteiger partial charge in [0.05, 0.1) is 32.8 Å². The number of nitrogens with zero attached hydrogens (tertiary/aromatic N) is 1. The lowest BCUT2D eigenvalue weighted by Gasteiger charge is -2.17. The Labute approximate surface area is 192 Å². The van der Waals surface area contributed by atoms with E-state index < -0.39 is 11.3 Å². The van der Waals surface area contributed by atoms with Crippen LogP contribution in [0.3, 0.4) is 0 Å². The highest BCUT2D eigenvalue weighted by atomic mass is 16.6. The van der Waals surface area contributed by atoms with Crippen LogP contribution in [-0.2, 0) is 5.41 Å². The van der Waals surface area contributed by atoms with E-state index in [0.717, 1.165) is 11.1 Å². The van der Waals surface area contributed by atoms with Gasteiger partial charge in [-0.05, 0) is 44.0 Å². The van der Waals surface area contributed by atoms with Crippen molar-refractivity contribution in [2.75, 3.05) is 26.6 Å². The molecule has 8 heteroatoms. The van der Waals surface area contributed by atoms with Gasteiger partial charge in [-0.3, -0.25) is 4.79 Å². The number of rotatable bonds is 8. The Hall–Kier alpha value is -4.12. The molecule has 0 aliphatic heterocycles. The van der Waals surface area contributed by atoms with Crippen LogP contribution in [0.4, 0.5) is 5.69 Å². The summed E-state index contributed by atoms with van der Waals surface area (Å²) in [6, 6.07) is 14.2. The molecule has 0 fully saturated rings. The van der Waals surface area contributed by atoms with Crippen molar-refractivity contribution < 1.29 is 28.2 Å². The predicted octanol–water partition coefficient (Wildman–Crippen LogP) is 5.46. The summed E-state index contributed by atoms with van der Waals surface area (Å²) < 4.78 is 27.4. The summed E-state index contributed by atoms with van der Waals surface area (Å²) in [5, 5.41) is 12.2. The van der Waals surface area contributed by atoms with Crippen LogP contribution < -0.4 is 24.3 Å². The third-order valence-electron chi connectivity index (χ3n) is 5.16. The number of carbonyl (C=O) groups excluding carboxylic acids is 1. The molecule has 1 N–H and O–H groups in total. The van der Waals surface area contributed by atoms with Gasteiger partial charge in [-0.2, -0.15) is 5.26 Å². The van der Waals surface area contributed by atoms with E-state index in [-0.39, 0.29) is 11.7 Å². The maximum Gasteiger partial charge on any atom is 0.291 e. The quantitative estimate of drug-likeness (QED) is 0.486. The molecule has 0 aliphatic rings. The molecule has 0 radical (unpaired) electrons. The number of carbonyl (C=O) groups is 1. The Morgan fingerprint density at radius 2 is 1.64 bits per heavy atom. The standard InChI is InChI=1S/C25H26N2O6/c1-15-7-8-16(25(2,3)14-26)11-19(15)33-22-10-9-18(32-22)24(28)27-23-20(30-5)12-17(29-4)13-21(23)31-6/h7-13H,1-6H3,(H,27,28). The molecular weight excluding hydrogens is 424 g/mol. The number of nitriles is 1. The smallest absolute Gasteiger partial charge is 0.291 e. The molecule has 0 spiro atoms. The Morgan fingerprint density at radius 3 is 2.21 bits per heavy atom. The first-order chi connectivity index (χ1) is 15.7. The molecule has 2 aromatic carbocycles. The van der Waals surface area contributed by atoms with E-state index in [9.17, 15) is 10.1 Å². The van der Waals surface area contributed by atoms with Gasteiger partial charge < -0.3 is 28.7 Å². The van der Waals surface area contributed by atoms with Gasteiger partial charge in [-0.15, -0.1) is 0 Å². The van der Waals surface area contributed by atoms with Crippen LogP contribution in [0.1, 0.15) is 35.5 Å². The van der Waals surface area contributed by atoms with E-state index in [2.05, 4.69) is 11.4 Å².